The van der Waals surface area contributed by atoms with E-state index in [1.165, 1.54) is 19.3 Å². The minimum atomic E-state index is 0. The fraction of sp³-hybridized carbons (Fsp3) is 0.632. The van der Waals surface area contributed by atoms with Crippen molar-refractivity contribution in [3.8, 4) is 0 Å². The maximum Gasteiger partial charge on any atom is 0.191 e. The lowest BCUT2D eigenvalue weighted by atomic mass is 9.51. The maximum atomic E-state index is 5.93. The summed E-state index contributed by atoms with van der Waals surface area (Å²) in [7, 11) is 0. The number of hydrogen-bond acceptors (Lipinski definition) is 3. The van der Waals surface area contributed by atoms with Crippen LogP contribution in [0.25, 0.3) is 0 Å². The van der Waals surface area contributed by atoms with Gasteiger partial charge in [-0.25, -0.2) is 0 Å². The van der Waals surface area contributed by atoms with Crippen LogP contribution in [0.1, 0.15) is 38.4 Å². The summed E-state index contributed by atoms with van der Waals surface area (Å²) >= 11 is 0. The minimum absolute atomic E-state index is 0. The standard InChI is InChI=1S/C19H29N3O2.HI/c1-3-11-20-18(21-12-8-15-7-5-13-24-15)22-16-14-17(23-4-2)19(16)9-6-10-19;/h3,5,7,13,16-17H,1,4,6,8-12,14H2,2H3,(H2,20,21,22);1H. The molecule has 2 atom stereocenters. The van der Waals surface area contributed by atoms with Crippen molar-refractivity contribution in [1.82, 2.24) is 10.6 Å². The Morgan fingerprint density at radius 2 is 2.36 bits per heavy atom. The molecular weight excluding hydrogens is 429 g/mol. The summed E-state index contributed by atoms with van der Waals surface area (Å²) in [6, 6.07) is 4.36. The number of nitrogens with zero attached hydrogens (tertiary/aromatic N) is 1. The lowest BCUT2D eigenvalue weighted by Gasteiger charge is -2.61. The average molecular weight is 459 g/mol. The molecule has 2 N–H and O–H groups in total. The quantitative estimate of drug-likeness (QED) is 0.271. The monoisotopic (exact) mass is 459 g/mol. The summed E-state index contributed by atoms with van der Waals surface area (Å²) in [5.74, 6) is 1.84. The van der Waals surface area contributed by atoms with Gasteiger partial charge in [-0.15, -0.1) is 30.6 Å². The van der Waals surface area contributed by atoms with E-state index in [4.69, 9.17) is 14.1 Å². The fourth-order valence-electron chi connectivity index (χ4n) is 3.86. The predicted octanol–water partition coefficient (Wildman–Crippen LogP) is 3.51. The third kappa shape index (κ3) is 4.58. The van der Waals surface area contributed by atoms with Gasteiger partial charge in [0.05, 0.1) is 12.4 Å². The van der Waals surface area contributed by atoms with Crippen molar-refractivity contribution in [1.29, 1.82) is 0 Å². The Kier molecular flexibility index (Phi) is 7.81. The van der Waals surface area contributed by atoms with Gasteiger partial charge in [0.2, 0.25) is 0 Å². The van der Waals surface area contributed by atoms with Gasteiger partial charge in [-0.1, -0.05) is 12.5 Å². The number of hydrogen-bond donors (Lipinski definition) is 2. The zero-order valence-electron chi connectivity index (χ0n) is 15.0. The van der Waals surface area contributed by atoms with E-state index in [0.29, 0.717) is 30.7 Å². The van der Waals surface area contributed by atoms with Gasteiger partial charge >= 0.3 is 0 Å². The van der Waals surface area contributed by atoms with Crippen molar-refractivity contribution in [3.05, 3.63) is 36.8 Å². The highest BCUT2D eigenvalue weighted by molar-refractivity contribution is 14.0. The summed E-state index contributed by atoms with van der Waals surface area (Å²) in [6.45, 7) is 8.08. The van der Waals surface area contributed by atoms with Gasteiger partial charge in [-0.2, -0.15) is 0 Å². The smallest absolute Gasteiger partial charge is 0.191 e. The maximum absolute atomic E-state index is 5.93. The number of ether oxygens (including phenoxy) is 1. The first-order valence-corrected chi connectivity index (χ1v) is 9.08. The molecule has 2 aliphatic rings. The van der Waals surface area contributed by atoms with Crippen molar-refractivity contribution in [2.75, 3.05) is 19.7 Å². The van der Waals surface area contributed by atoms with Crippen molar-refractivity contribution in [2.24, 2.45) is 10.4 Å². The second-order valence-corrected chi connectivity index (χ2v) is 6.69. The second-order valence-electron chi connectivity index (χ2n) is 6.69. The first-order valence-electron chi connectivity index (χ1n) is 9.08. The molecule has 1 spiro atoms. The highest BCUT2D eigenvalue weighted by Gasteiger charge is 2.59. The van der Waals surface area contributed by atoms with E-state index in [-0.39, 0.29) is 24.0 Å². The van der Waals surface area contributed by atoms with E-state index >= 15 is 0 Å². The molecule has 1 heterocycles. The lowest BCUT2D eigenvalue weighted by molar-refractivity contribution is -0.168. The summed E-state index contributed by atoms with van der Waals surface area (Å²) in [5.41, 5.74) is 0.327. The van der Waals surface area contributed by atoms with Crippen molar-refractivity contribution in [2.45, 2.75) is 51.2 Å². The molecule has 1 aromatic rings. The molecule has 3 rings (SSSR count). The Labute approximate surface area is 167 Å². The van der Waals surface area contributed by atoms with Crippen LogP contribution in [0.2, 0.25) is 0 Å². The summed E-state index contributed by atoms with van der Waals surface area (Å²) in [6.07, 6.45) is 9.69. The highest BCUT2D eigenvalue weighted by atomic mass is 127. The molecule has 0 saturated heterocycles. The molecule has 0 radical (unpaired) electrons. The first kappa shape index (κ1) is 20.3. The molecule has 2 aliphatic carbocycles. The van der Waals surface area contributed by atoms with Crippen LogP contribution in [0.4, 0.5) is 0 Å². The molecular formula is C19H30IN3O2. The Morgan fingerprint density at radius 3 is 2.96 bits per heavy atom. The third-order valence-electron chi connectivity index (χ3n) is 5.37. The molecule has 2 unspecified atom stereocenters. The van der Waals surface area contributed by atoms with Crippen molar-refractivity contribution >= 4 is 29.9 Å². The topological polar surface area (TPSA) is 58.8 Å². The number of rotatable bonds is 8. The Morgan fingerprint density at radius 1 is 1.52 bits per heavy atom. The molecule has 1 aromatic heterocycles. The van der Waals surface area contributed by atoms with Gasteiger partial charge in [0.1, 0.15) is 5.76 Å². The molecule has 0 bridgehead atoms. The van der Waals surface area contributed by atoms with E-state index in [0.717, 1.165) is 31.2 Å². The zero-order valence-corrected chi connectivity index (χ0v) is 17.3. The van der Waals surface area contributed by atoms with Crippen LogP contribution >= 0.6 is 24.0 Å². The predicted molar refractivity (Wildman–Crippen MR) is 112 cm³/mol. The van der Waals surface area contributed by atoms with E-state index in [1.54, 1.807) is 6.26 Å². The lowest BCUT2D eigenvalue weighted by Crippen LogP contribution is -2.68. The van der Waals surface area contributed by atoms with E-state index < -0.39 is 0 Å². The van der Waals surface area contributed by atoms with Crippen molar-refractivity contribution < 1.29 is 9.15 Å². The molecule has 0 aromatic carbocycles. The van der Waals surface area contributed by atoms with Gasteiger partial charge in [0, 0.05) is 37.6 Å². The first-order chi connectivity index (χ1) is 11.8. The minimum Gasteiger partial charge on any atom is -0.469 e. The Balaban J connectivity index is 0.00000225. The molecule has 2 saturated carbocycles. The van der Waals surface area contributed by atoms with Crippen molar-refractivity contribution in [3.63, 3.8) is 0 Å². The van der Waals surface area contributed by atoms with Crippen LogP contribution in [0.15, 0.2) is 40.5 Å². The summed E-state index contributed by atoms with van der Waals surface area (Å²) in [4.78, 5) is 4.70. The van der Waals surface area contributed by atoms with E-state index in [1.807, 2.05) is 18.2 Å². The highest BCUT2D eigenvalue weighted by Crippen LogP contribution is 2.57. The van der Waals surface area contributed by atoms with Crippen LogP contribution in [-0.2, 0) is 11.2 Å². The van der Waals surface area contributed by atoms with Crippen LogP contribution in [-0.4, -0.2) is 37.8 Å². The van der Waals surface area contributed by atoms with Gasteiger partial charge in [0.25, 0.3) is 0 Å². The fourth-order valence-corrected chi connectivity index (χ4v) is 3.86. The number of aliphatic imine (C=N–C) groups is 1. The molecule has 6 heteroatoms. The SMILES string of the molecule is C=CCNC(=NCCc1ccco1)NC1CC(OCC)C12CCC2.I. The normalized spacial score (nSPS) is 24.0. The molecule has 0 aliphatic heterocycles. The van der Waals surface area contributed by atoms with Crippen LogP contribution in [0, 0.1) is 5.41 Å². The summed E-state index contributed by atoms with van der Waals surface area (Å²) < 4.78 is 11.3. The number of guanidine groups is 1. The average Bonchev–Trinajstić information content (AvgIpc) is 3.02. The third-order valence-corrected chi connectivity index (χ3v) is 5.37. The van der Waals surface area contributed by atoms with E-state index in [9.17, 15) is 0 Å². The number of furan rings is 1. The molecule has 5 nitrogen and oxygen atoms in total. The van der Waals surface area contributed by atoms with Crippen LogP contribution in [0.3, 0.4) is 0 Å². The number of halogens is 1. The molecule has 140 valence electrons. The zero-order chi connectivity index (χ0) is 16.8. The van der Waals surface area contributed by atoms with E-state index in [2.05, 4.69) is 24.1 Å². The molecule has 0 amide bonds. The largest absolute Gasteiger partial charge is 0.469 e. The number of nitrogens with one attached hydrogen (secondary N) is 2. The Bertz CT molecular complexity index is 555. The van der Waals surface area contributed by atoms with Crippen LogP contribution in [0.5, 0.6) is 0 Å². The molecule has 25 heavy (non-hydrogen) atoms. The Hall–Kier alpha value is -1.02. The van der Waals surface area contributed by atoms with Gasteiger partial charge in [-0.3, -0.25) is 4.99 Å². The van der Waals surface area contributed by atoms with Gasteiger partial charge in [-0.05, 0) is 38.3 Å². The van der Waals surface area contributed by atoms with Gasteiger partial charge < -0.3 is 19.8 Å². The molecule has 2 fully saturated rings. The van der Waals surface area contributed by atoms with Gasteiger partial charge in [0.15, 0.2) is 5.96 Å². The van der Waals surface area contributed by atoms with Crippen LogP contribution < -0.4 is 10.6 Å². The summed E-state index contributed by atoms with van der Waals surface area (Å²) in [5, 5.41) is 6.96. The second kappa shape index (κ2) is 9.62.